The van der Waals surface area contributed by atoms with Crippen LogP contribution in [0.1, 0.15) is 43.3 Å². The van der Waals surface area contributed by atoms with Crippen LogP contribution in [0.4, 0.5) is 10.1 Å². The Morgan fingerprint density at radius 1 is 1.13 bits per heavy atom. The van der Waals surface area contributed by atoms with Gasteiger partial charge < -0.3 is 9.88 Å². The van der Waals surface area contributed by atoms with Crippen molar-refractivity contribution in [3.63, 3.8) is 0 Å². The van der Waals surface area contributed by atoms with Crippen LogP contribution in [-0.2, 0) is 11.3 Å². The molecule has 9 heteroatoms. The highest BCUT2D eigenvalue weighted by atomic mass is 79.9. The van der Waals surface area contributed by atoms with E-state index < -0.39 is 5.82 Å². The molecule has 0 aliphatic rings. The first-order valence-electron chi connectivity index (χ1n) is 12.7. The fourth-order valence-electron chi connectivity index (χ4n) is 4.63. The molecule has 39 heavy (non-hydrogen) atoms. The zero-order chi connectivity index (χ0) is 27.7. The molecule has 0 unspecified atom stereocenters. The zero-order valence-corrected chi connectivity index (χ0v) is 23.4. The van der Waals surface area contributed by atoms with Gasteiger partial charge in [-0.3, -0.25) is 9.59 Å². The van der Waals surface area contributed by atoms with E-state index in [1.165, 1.54) is 16.8 Å². The van der Waals surface area contributed by atoms with E-state index in [9.17, 15) is 14.0 Å². The number of fused-ring (bicyclic) bond motifs is 2. The Kier molecular flexibility index (Phi) is 7.43. The Hall–Kier alpha value is -4.11. The maximum atomic E-state index is 13.6. The standard InChI is InChI=1S/C30H27BrFN5O2/c1-4-18(2)29-35-26-13-12-20(31)14-24(26)30(39)37(29)33-16-25-19(3)36(27-11-6-5-10-23(25)27)17-28(38)34-22-9-7-8-21(32)15-22/h5-16,18H,4,17H2,1-3H3,(H,34,38)/t18-/m1/s1. The fraction of sp³-hybridized carbons (Fsp3) is 0.200. The Morgan fingerprint density at radius 3 is 2.69 bits per heavy atom. The maximum Gasteiger partial charge on any atom is 0.282 e. The van der Waals surface area contributed by atoms with Crippen molar-refractivity contribution in [3.8, 4) is 0 Å². The van der Waals surface area contributed by atoms with E-state index in [1.807, 2.05) is 61.7 Å². The Balaban J connectivity index is 1.57. The lowest BCUT2D eigenvalue weighted by Crippen LogP contribution is -2.23. The third kappa shape index (κ3) is 5.27. The minimum atomic E-state index is -0.420. The third-order valence-corrected chi connectivity index (χ3v) is 7.37. The molecule has 1 N–H and O–H groups in total. The van der Waals surface area contributed by atoms with Gasteiger partial charge >= 0.3 is 0 Å². The third-order valence-electron chi connectivity index (χ3n) is 6.88. The van der Waals surface area contributed by atoms with E-state index in [2.05, 4.69) is 26.3 Å². The largest absolute Gasteiger partial charge is 0.335 e. The molecule has 5 aromatic rings. The van der Waals surface area contributed by atoms with Crippen LogP contribution in [0, 0.1) is 12.7 Å². The molecule has 1 atom stereocenters. The molecule has 0 radical (unpaired) electrons. The molecule has 0 aliphatic carbocycles. The number of rotatable bonds is 7. The molecule has 5 rings (SSSR count). The molecule has 3 aromatic carbocycles. The number of carbonyl (C=O) groups is 1. The number of halogens is 2. The van der Waals surface area contributed by atoms with Crippen molar-refractivity contribution in [1.29, 1.82) is 0 Å². The van der Waals surface area contributed by atoms with Gasteiger partial charge in [-0.25, -0.2) is 9.37 Å². The Bertz CT molecular complexity index is 1810. The van der Waals surface area contributed by atoms with Crippen LogP contribution >= 0.6 is 15.9 Å². The van der Waals surface area contributed by atoms with Crippen molar-refractivity contribution in [2.75, 3.05) is 5.32 Å². The number of hydrogen-bond donors (Lipinski definition) is 1. The first kappa shape index (κ1) is 26.5. The first-order chi connectivity index (χ1) is 18.8. The monoisotopic (exact) mass is 587 g/mol. The highest BCUT2D eigenvalue weighted by Gasteiger charge is 2.18. The lowest BCUT2D eigenvalue weighted by Gasteiger charge is -2.14. The number of anilines is 1. The molecule has 0 aliphatic heterocycles. The molecular weight excluding hydrogens is 561 g/mol. The summed E-state index contributed by atoms with van der Waals surface area (Å²) in [4.78, 5) is 31.2. The van der Waals surface area contributed by atoms with E-state index in [4.69, 9.17) is 4.98 Å². The van der Waals surface area contributed by atoms with Crippen molar-refractivity contribution in [2.45, 2.75) is 39.7 Å². The summed E-state index contributed by atoms with van der Waals surface area (Å²) in [6.45, 7) is 6.00. The zero-order valence-electron chi connectivity index (χ0n) is 21.8. The van der Waals surface area contributed by atoms with Crippen LogP contribution in [0.25, 0.3) is 21.8 Å². The Labute approximate surface area is 233 Å². The molecule has 0 saturated heterocycles. The fourth-order valence-corrected chi connectivity index (χ4v) is 4.99. The Morgan fingerprint density at radius 2 is 1.92 bits per heavy atom. The molecule has 0 spiro atoms. The quantitative estimate of drug-likeness (QED) is 0.218. The van der Waals surface area contributed by atoms with Crippen LogP contribution in [0.3, 0.4) is 0 Å². The summed E-state index contributed by atoms with van der Waals surface area (Å²) in [5.41, 5.74) is 3.22. The van der Waals surface area contributed by atoms with Gasteiger partial charge in [0.15, 0.2) is 0 Å². The van der Waals surface area contributed by atoms with Gasteiger partial charge in [0, 0.05) is 38.2 Å². The number of nitrogens with one attached hydrogen (secondary N) is 1. The van der Waals surface area contributed by atoms with Crippen LogP contribution in [-0.4, -0.2) is 26.3 Å². The molecule has 0 saturated carbocycles. The van der Waals surface area contributed by atoms with Crippen LogP contribution < -0.4 is 10.9 Å². The topological polar surface area (TPSA) is 81.3 Å². The molecule has 2 heterocycles. The number of carbonyl (C=O) groups excluding carboxylic acids is 1. The molecule has 2 aromatic heterocycles. The number of para-hydroxylation sites is 1. The van der Waals surface area contributed by atoms with Crippen molar-refractivity contribution < 1.29 is 9.18 Å². The summed E-state index contributed by atoms with van der Waals surface area (Å²) < 4.78 is 17.6. The van der Waals surface area contributed by atoms with Crippen molar-refractivity contribution >= 4 is 55.5 Å². The van der Waals surface area contributed by atoms with E-state index >= 15 is 0 Å². The summed E-state index contributed by atoms with van der Waals surface area (Å²) in [5.74, 6) is -0.106. The van der Waals surface area contributed by atoms with Crippen LogP contribution in [0.5, 0.6) is 0 Å². The lowest BCUT2D eigenvalue weighted by atomic mass is 10.1. The van der Waals surface area contributed by atoms with Crippen molar-refractivity contribution in [1.82, 2.24) is 14.2 Å². The number of hydrogen-bond acceptors (Lipinski definition) is 4. The van der Waals surface area contributed by atoms with Gasteiger partial charge in [0.1, 0.15) is 18.2 Å². The van der Waals surface area contributed by atoms with Gasteiger partial charge in [0.25, 0.3) is 5.56 Å². The molecule has 7 nitrogen and oxygen atoms in total. The van der Waals surface area contributed by atoms with Gasteiger partial charge in [-0.05, 0) is 55.8 Å². The van der Waals surface area contributed by atoms with Crippen molar-refractivity contribution in [3.05, 3.63) is 104 Å². The minimum absolute atomic E-state index is 0.0110. The van der Waals surface area contributed by atoms with Crippen molar-refractivity contribution in [2.24, 2.45) is 5.10 Å². The average molecular weight is 588 g/mol. The highest BCUT2D eigenvalue weighted by molar-refractivity contribution is 9.10. The van der Waals surface area contributed by atoms with Crippen LogP contribution in [0.2, 0.25) is 0 Å². The van der Waals surface area contributed by atoms with Gasteiger partial charge in [-0.15, -0.1) is 0 Å². The second kappa shape index (κ2) is 10.9. The normalized spacial score (nSPS) is 12.4. The number of nitrogens with zero attached hydrogens (tertiary/aromatic N) is 4. The molecule has 198 valence electrons. The SMILES string of the molecule is CC[C@@H](C)c1nc2ccc(Br)cc2c(=O)n1N=Cc1c(C)n(CC(=O)Nc2cccc(F)c2)c2ccccc12. The van der Waals surface area contributed by atoms with Gasteiger partial charge in [0.05, 0.1) is 17.1 Å². The summed E-state index contributed by atoms with van der Waals surface area (Å²) in [7, 11) is 0. The second-order valence-corrected chi connectivity index (χ2v) is 10.4. The second-order valence-electron chi connectivity index (χ2n) is 9.46. The molecule has 1 amide bonds. The van der Waals surface area contributed by atoms with Gasteiger partial charge in [-0.2, -0.15) is 9.78 Å². The van der Waals surface area contributed by atoms with Crippen LogP contribution in [0.15, 0.2) is 81.1 Å². The average Bonchev–Trinajstić information content (AvgIpc) is 3.18. The van der Waals surface area contributed by atoms with E-state index in [0.717, 1.165) is 33.1 Å². The molecule has 0 bridgehead atoms. The number of benzene rings is 3. The predicted molar refractivity (Wildman–Crippen MR) is 157 cm³/mol. The maximum absolute atomic E-state index is 13.6. The van der Waals surface area contributed by atoms with Gasteiger partial charge in [0.2, 0.25) is 5.91 Å². The molecular formula is C30H27BrFN5O2. The first-order valence-corrected chi connectivity index (χ1v) is 13.5. The van der Waals surface area contributed by atoms with E-state index in [-0.39, 0.29) is 23.9 Å². The van der Waals surface area contributed by atoms with E-state index in [1.54, 1.807) is 24.4 Å². The smallest absolute Gasteiger partial charge is 0.282 e. The number of amides is 1. The summed E-state index contributed by atoms with van der Waals surface area (Å²) in [6.07, 6.45) is 2.46. The number of aromatic nitrogens is 3. The summed E-state index contributed by atoms with van der Waals surface area (Å²) in [5, 5.41) is 8.78. The lowest BCUT2D eigenvalue weighted by molar-refractivity contribution is -0.116. The minimum Gasteiger partial charge on any atom is -0.335 e. The van der Waals surface area contributed by atoms with Gasteiger partial charge in [-0.1, -0.05) is 54.0 Å². The summed E-state index contributed by atoms with van der Waals surface area (Å²) in [6, 6.07) is 19.0. The highest BCUT2D eigenvalue weighted by Crippen LogP contribution is 2.26. The predicted octanol–water partition coefficient (Wildman–Crippen LogP) is 6.60. The summed E-state index contributed by atoms with van der Waals surface area (Å²) >= 11 is 3.44. The molecule has 0 fully saturated rings. The van der Waals surface area contributed by atoms with E-state index in [0.29, 0.717) is 22.4 Å².